The third kappa shape index (κ3) is 3.77. The molecule has 0 saturated carbocycles. The van der Waals surface area contributed by atoms with Gasteiger partial charge in [0.1, 0.15) is 0 Å². The number of thiophene rings is 1. The third-order valence-electron chi connectivity index (χ3n) is 1.65. The van der Waals surface area contributed by atoms with Crippen LogP contribution in [0.15, 0.2) is 10.5 Å². The van der Waals surface area contributed by atoms with Crippen LogP contribution in [0.3, 0.4) is 0 Å². The highest BCUT2D eigenvalue weighted by Crippen LogP contribution is 2.25. The monoisotopic (exact) mass is 263 g/mol. The van der Waals surface area contributed by atoms with Crippen molar-refractivity contribution >= 4 is 27.3 Å². The van der Waals surface area contributed by atoms with Crippen molar-refractivity contribution in [1.82, 2.24) is 5.32 Å². The fourth-order valence-electron chi connectivity index (χ4n) is 1.01. The van der Waals surface area contributed by atoms with Crippen molar-refractivity contribution in [2.75, 3.05) is 6.54 Å². The summed E-state index contributed by atoms with van der Waals surface area (Å²) in [6.45, 7) is 5.35. The summed E-state index contributed by atoms with van der Waals surface area (Å²) in [7, 11) is 0. The summed E-state index contributed by atoms with van der Waals surface area (Å²) in [5.74, 6) is 0. The lowest BCUT2D eigenvalue weighted by molar-refractivity contribution is 0.191. The third-order valence-corrected chi connectivity index (χ3v) is 3.78. The van der Waals surface area contributed by atoms with E-state index in [0.29, 0.717) is 6.54 Å². The average Bonchev–Trinajstić information content (AvgIpc) is 2.30. The van der Waals surface area contributed by atoms with Gasteiger partial charge < -0.3 is 10.4 Å². The second-order valence-electron chi connectivity index (χ2n) is 3.10. The SMILES string of the molecule is Cc1sc(CNCC(C)O)cc1Br. The molecule has 74 valence electrons. The molecule has 0 amide bonds. The molecule has 0 aliphatic rings. The Morgan fingerprint density at radius 3 is 2.85 bits per heavy atom. The van der Waals surface area contributed by atoms with Gasteiger partial charge in [-0.15, -0.1) is 11.3 Å². The lowest BCUT2D eigenvalue weighted by Crippen LogP contribution is -2.23. The fourth-order valence-corrected chi connectivity index (χ4v) is 2.58. The van der Waals surface area contributed by atoms with Crippen LogP contribution in [0, 0.1) is 6.92 Å². The predicted octanol–water partition coefficient (Wildman–Crippen LogP) is 2.29. The van der Waals surface area contributed by atoms with Gasteiger partial charge in [0, 0.05) is 27.3 Å². The van der Waals surface area contributed by atoms with E-state index < -0.39 is 0 Å². The summed E-state index contributed by atoms with van der Waals surface area (Å²) < 4.78 is 1.17. The number of aliphatic hydroxyl groups excluding tert-OH is 1. The first-order valence-electron chi connectivity index (χ1n) is 4.23. The molecular formula is C9H14BrNOS. The number of hydrogen-bond donors (Lipinski definition) is 2. The maximum atomic E-state index is 9.02. The van der Waals surface area contributed by atoms with Gasteiger partial charge in [0.05, 0.1) is 6.10 Å². The minimum absolute atomic E-state index is 0.274. The number of aliphatic hydroxyl groups is 1. The van der Waals surface area contributed by atoms with Gasteiger partial charge in [0.15, 0.2) is 0 Å². The van der Waals surface area contributed by atoms with Crippen LogP contribution >= 0.6 is 27.3 Å². The number of nitrogens with one attached hydrogen (secondary N) is 1. The van der Waals surface area contributed by atoms with Crippen LogP contribution in [0.4, 0.5) is 0 Å². The van der Waals surface area contributed by atoms with E-state index in [2.05, 4.69) is 34.2 Å². The van der Waals surface area contributed by atoms with Gasteiger partial charge in [0.25, 0.3) is 0 Å². The molecule has 1 heterocycles. The maximum Gasteiger partial charge on any atom is 0.0636 e. The Hall–Kier alpha value is 0.100. The largest absolute Gasteiger partial charge is 0.392 e. The minimum atomic E-state index is -0.274. The van der Waals surface area contributed by atoms with Crippen molar-refractivity contribution in [3.63, 3.8) is 0 Å². The van der Waals surface area contributed by atoms with Gasteiger partial charge in [-0.3, -0.25) is 0 Å². The van der Waals surface area contributed by atoms with Crippen molar-refractivity contribution in [3.05, 3.63) is 20.3 Å². The van der Waals surface area contributed by atoms with Crippen LogP contribution < -0.4 is 5.32 Å². The minimum Gasteiger partial charge on any atom is -0.392 e. The number of aryl methyl sites for hydroxylation is 1. The van der Waals surface area contributed by atoms with Gasteiger partial charge in [-0.25, -0.2) is 0 Å². The van der Waals surface area contributed by atoms with Gasteiger partial charge in [0.2, 0.25) is 0 Å². The van der Waals surface area contributed by atoms with E-state index in [1.807, 2.05) is 0 Å². The summed E-state index contributed by atoms with van der Waals surface area (Å²) in [4.78, 5) is 2.60. The summed E-state index contributed by atoms with van der Waals surface area (Å²) in [5, 5.41) is 12.2. The second-order valence-corrected chi connectivity index (χ2v) is 5.29. The van der Waals surface area contributed by atoms with Crippen LogP contribution in [-0.4, -0.2) is 17.8 Å². The van der Waals surface area contributed by atoms with E-state index >= 15 is 0 Å². The zero-order valence-corrected chi connectivity index (χ0v) is 10.2. The fraction of sp³-hybridized carbons (Fsp3) is 0.556. The molecule has 0 fully saturated rings. The Kier molecular flexibility index (Phi) is 4.38. The highest BCUT2D eigenvalue weighted by Gasteiger charge is 2.02. The Morgan fingerprint density at radius 2 is 2.38 bits per heavy atom. The molecule has 1 aromatic heterocycles. The van der Waals surface area contributed by atoms with E-state index in [0.717, 1.165) is 6.54 Å². The molecule has 0 aromatic carbocycles. The predicted molar refractivity (Wildman–Crippen MR) is 60.1 cm³/mol. The van der Waals surface area contributed by atoms with E-state index in [9.17, 15) is 0 Å². The zero-order valence-electron chi connectivity index (χ0n) is 7.80. The molecule has 13 heavy (non-hydrogen) atoms. The number of hydrogen-bond acceptors (Lipinski definition) is 3. The van der Waals surface area contributed by atoms with Crippen molar-refractivity contribution in [3.8, 4) is 0 Å². The van der Waals surface area contributed by atoms with Gasteiger partial charge in [-0.05, 0) is 35.8 Å². The molecule has 0 bridgehead atoms. The van der Waals surface area contributed by atoms with Crippen LogP contribution in [0.2, 0.25) is 0 Å². The van der Waals surface area contributed by atoms with Crippen molar-refractivity contribution in [1.29, 1.82) is 0 Å². The second kappa shape index (κ2) is 5.10. The van der Waals surface area contributed by atoms with Crippen LogP contribution in [0.5, 0.6) is 0 Å². The lowest BCUT2D eigenvalue weighted by Gasteiger charge is -2.04. The maximum absolute atomic E-state index is 9.02. The van der Waals surface area contributed by atoms with Crippen LogP contribution in [-0.2, 0) is 6.54 Å². The first-order valence-corrected chi connectivity index (χ1v) is 5.84. The molecule has 4 heteroatoms. The standard InChI is InChI=1S/C9H14BrNOS/c1-6(12)4-11-5-8-3-9(10)7(2)13-8/h3,6,11-12H,4-5H2,1-2H3. The highest BCUT2D eigenvalue weighted by atomic mass is 79.9. The van der Waals surface area contributed by atoms with Gasteiger partial charge in [-0.2, -0.15) is 0 Å². The zero-order chi connectivity index (χ0) is 9.84. The topological polar surface area (TPSA) is 32.3 Å². The number of halogens is 1. The molecule has 2 nitrogen and oxygen atoms in total. The Balaban J connectivity index is 2.37. The molecule has 0 radical (unpaired) electrons. The quantitative estimate of drug-likeness (QED) is 0.874. The molecule has 1 unspecified atom stereocenters. The van der Waals surface area contributed by atoms with Gasteiger partial charge >= 0.3 is 0 Å². The van der Waals surface area contributed by atoms with Crippen molar-refractivity contribution < 1.29 is 5.11 Å². The lowest BCUT2D eigenvalue weighted by atomic mass is 10.4. The Bertz CT molecular complexity index is 253. The average molecular weight is 264 g/mol. The molecule has 1 aromatic rings. The normalized spacial score (nSPS) is 13.2. The molecule has 0 spiro atoms. The highest BCUT2D eigenvalue weighted by molar-refractivity contribution is 9.10. The smallest absolute Gasteiger partial charge is 0.0636 e. The summed E-state index contributed by atoms with van der Waals surface area (Å²) in [6.07, 6.45) is -0.274. The van der Waals surface area contributed by atoms with E-state index in [-0.39, 0.29) is 6.10 Å². The van der Waals surface area contributed by atoms with Crippen molar-refractivity contribution in [2.24, 2.45) is 0 Å². The first kappa shape index (κ1) is 11.2. The van der Waals surface area contributed by atoms with E-state index in [1.165, 1.54) is 14.2 Å². The Labute approximate surface area is 91.1 Å². The van der Waals surface area contributed by atoms with Crippen LogP contribution in [0.25, 0.3) is 0 Å². The van der Waals surface area contributed by atoms with E-state index in [1.54, 1.807) is 18.3 Å². The molecular weight excluding hydrogens is 250 g/mol. The summed E-state index contributed by atoms with van der Waals surface area (Å²) >= 11 is 5.25. The van der Waals surface area contributed by atoms with Gasteiger partial charge in [-0.1, -0.05) is 0 Å². The molecule has 1 rings (SSSR count). The molecule has 1 atom stereocenters. The van der Waals surface area contributed by atoms with E-state index in [4.69, 9.17) is 5.11 Å². The molecule has 0 saturated heterocycles. The molecule has 2 N–H and O–H groups in total. The molecule has 0 aliphatic heterocycles. The Morgan fingerprint density at radius 1 is 1.69 bits per heavy atom. The first-order chi connectivity index (χ1) is 6.09. The number of rotatable bonds is 4. The van der Waals surface area contributed by atoms with Crippen LogP contribution in [0.1, 0.15) is 16.7 Å². The summed E-state index contributed by atoms with van der Waals surface area (Å²) in [6, 6.07) is 2.12. The summed E-state index contributed by atoms with van der Waals surface area (Å²) in [5.41, 5.74) is 0. The van der Waals surface area contributed by atoms with Crippen molar-refractivity contribution in [2.45, 2.75) is 26.5 Å². The molecule has 0 aliphatic carbocycles.